The van der Waals surface area contributed by atoms with Crippen LogP contribution < -0.4 is 11.1 Å². The molecule has 112 valence electrons. The third kappa shape index (κ3) is 2.81. The van der Waals surface area contributed by atoms with Crippen molar-refractivity contribution in [3.05, 3.63) is 23.4 Å². The van der Waals surface area contributed by atoms with E-state index < -0.39 is 0 Å². The zero-order valence-electron chi connectivity index (χ0n) is 13.2. The van der Waals surface area contributed by atoms with E-state index in [1.54, 1.807) is 6.20 Å². The number of nitrogens with two attached hydrogens (primary N) is 1. The first-order chi connectivity index (χ1) is 9.48. The summed E-state index contributed by atoms with van der Waals surface area (Å²) >= 11 is 0. The summed E-state index contributed by atoms with van der Waals surface area (Å²) in [6.45, 7) is 12.2. The van der Waals surface area contributed by atoms with Gasteiger partial charge in [0.15, 0.2) is 0 Å². The van der Waals surface area contributed by atoms with Crippen LogP contribution in [0.5, 0.6) is 0 Å². The van der Waals surface area contributed by atoms with Crippen molar-refractivity contribution in [1.29, 1.82) is 0 Å². The van der Waals surface area contributed by atoms with Gasteiger partial charge in [0.05, 0.1) is 6.04 Å². The second-order valence-electron chi connectivity index (χ2n) is 6.27. The summed E-state index contributed by atoms with van der Waals surface area (Å²) in [5.74, 6) is 0.656. The molecule has 1 aromatic heterocycles. The number of pyridine rings is 1. The fraction of sp³-hybridized carbons (Fsp3) is 0.688. The van der Waals surface area contributed by atoms with Crippen molar-refractivity contribution in [2.45, 2.75) is 52.1 Å². The molecule has 1 unspecified atom stereocenters. The smallest absolute Gasteiger partial charge is 0.128 e. The Balaban J connectivity index is 2.39. The molecule has 0 spiro atoms. The standard InChI is InChI=1S/C16H28N4/c1-5-18-14(13-12(2)8-9-19-15(13)17)16(3,4)20-10-6-7-11-20/h8-9,14,18H,5-7,10-11H2,1-4H3,(H2,17,19). The molecule has 2 rings (SSSR count). The maximum atomic E-state index is 6.18. The van der Waals surface area contributed by atoms with Crippen LogP contribution in [0.25, 0.3) is 0 Å². The Morgan fingerprint density at radius 3 is 2.60 bits per heavy atom. The van der Waals surface area contributed by atoms with Gasteiger partial charge >= 0.3 is 0 Å². The molecule has 1 aromatic rings. The molecule has 1 atom stereocenters. The number of nitrogen functional groups attached to an aromatic ring is 1. The minimum atomic E-state index is 0.0361. The number of nitrogens with one attached hydrogen (secondary N) is 1. The van der Waals surface area contributed by atoms with E-state index in [2.05, 4.69) is 49.0 Å². The second kappa shape index (κ2) is 6.10. The van der Waals surface area contributed by atoms with Crippen LogP contribution in [-0.4, -0.2) is 35.1 Å². The van der Waals surface area contributed by atoms with Crippen molar-refractivity contribution < 1.29 is 0 Å². The van der Waals surface area contributed by atoms with Crippen LogP contribution in [0.1, 0.15) is 50.8 Å². The van der Waals surface area contributed by atoms with Crippen LogP contribution in [0.2, 0.25) is 0 Å². The summed E-state index contributed by atoms with van der Waals surface area (Å²) in [7, 11) is 0. The highest BCUT2D eigenvalue weighted by atomic mass is 15.2. The second-order valence-corrected chi connectivity index (χ2v) is 6.27. The molecule has 2 heterocycles. The lowest BCUT2D eigenvalue weighted by Crippen LogP contribution is -2.52. The number of anilines is 1. The van der Waals surface area contributed by atoms with Crippen molar-refractivity contribution in [2.24, 2.45) is 0 Å². The van der Waals surface area contributed by atoms with Crippen molar-refractivity contribution in [1.82, 2.24) is 15.2 Å². The van der Waals surface area contributed by atoms with E-state index in [-0.39, 0.29) is 11.6 Å². The predicted octanol–water partition coefficient (Wildman–Crippen LogP) is 2.50. The van der Waals surface area contributed by atoms with E-state index in [4.69, 9.17) is 5.73 Å². The Hall–Kier alpha value is -1.13. The van der Waals surface area contributed by atoms with E-state index in [0.29, 0.717) is 5.82 Å². The first-order valence-corrected chi connectivity index (χ1v) is 7.68. The molecule has 0 aliphatic carbocycles. The van der Waals surface area contributed by atoms with E-state index in [9.17, 15) is 0 Å². The minimum Gasteiger partial charge on any atom is -0.383 e. The first-order valence-electron chi connectivity index (χ1n) is 7.68. The van der Waals surface area contributed by atoms with Gasteiger partial charge in [0.2, 0.25) is 0 Å². The molecule has 4 nitrogen and oxygen atoms in total. The van der Waals surface area contributed by atoms with Crippen LogP contribution in [0.4, 0.5) is 5.82 Å². The van der Waals surface area contributed by atoms with Gasteiger partial charge in [-0.2, -0.15) is 0 Å². The van der Waals surface area contributed by atoms with E-state index in [0.717, 1.165) is 12.1 Å². The molecular formula is C16H28N4. The topological polar surface area (TPSA) is 54.2 Å². The largest absolute Gasteiger partial charge is 0.383 e. The monoisotopic (exact) mass is 276 g/mol. The Labute approximate surface area is 122 Å². The number of hydrogen-bond acceptors (Lipinski definition) is 4. The lowest BCUT2D eigenvalue weighted by molar-refractivity contribution is 0.107. The maximum Gasteiger partial charge on any atom is 0.128 e. The van der Waals surface area contributed by atoms with Gasteiger partial charge in [-0.25, -0.2) is 4.98 Å². The summed E-state index contributed by atoms with van der Waals surface area (Å²) in [6, 6.07) is 2.26. The molecule has 20 heavy (non-hydrogen) atoms. The fourth-order valence-corrected chi connectivity index (χ4v) is 3.35. The Kier molecular flexibility index (Phi) is 4.66. The van der Waals surface area contributed by atoms with E-state index in [1.807, 2.05) is 0 Å². The summed E-state index contributed by atoms with van der Waals surface area (Å²) in [5, 5.41) is 3.64. The van der Waals surface area contributed by atoms with Gasteiger partial charge in [-0.05, 0) is 64.9 Å². The highest BCUT2D eigenvalue weighted by molar-refractivity contribution is 5.47. The molecule has 1 fully saturated rings. The van der Waals surface area contributed by atoms with Crippen molar-refractivity contribution in [3.63, 3.8) is 0 Å². The van der Waals surface area contributed by atoms with Crippen molar-refractivity contribution >= 4 is 5.82 Å². The number of rotatable bonds is 5. The Morgan fingerprint density at radius 2 is 2.05 bits per heavy atom. The van der Waals surface area contributed by atoms with Crippen LogP contribution in [-0.2, 0) is 0 Å². The third-order valence-electron chi connectivity index (χ3n) is 4.56. The van der Waals surface area contributed by atoms with Gasteiger partial charge in [-0.15, -0.1) is 0 Å². The van der Waals surface area contributed by atoms with E-state index >= 15 is 0 Å². The normalized spacial score (nSPS) is 18.4. The molecular weight excluding hydrogens is 248 g/mol. The highest BCUT2D eigenvalue weighted by Crippen LogP contribution is 2.36. The van der Waals surface area contributed by atoms with Crippen LogP contribution >= 0.6 is 0 Å². The first kappa shape index (κ1) is 15.3. The molecule has 0 saturated carbocycles. The summed E-state index contributed by atoms with van der Waals surface area (Å²) in [4.78, 5) is 6.88. The third-order valence-corrected chi connectivity index (χ3v) is 4.56. The fourth-order valence-electron chi connectivity index (χ4n) is 3.35. The van der Waals surface area contributed by atoms with Crippen molar-refractivity contribution in [2.75, 3.05) is 25.4 Å². The summed E-state index contributed by atoms with van der Waals surface area (Å²) in [6.07, 6.45) is 4.38. The highest BCUT2D eigenvalue weighted by Gasteiger charge is 2.38. The molecule has 1 aliphatic rings. The number of likely N-dealkylation sites (N-methyl/N-ethyl adjacent to an activating group) is 1. The summed E-state index contributed by atoms with van der Waals surface area (Å²) in [5.41, 5.74) is 8.59. The van der Waals surface area contributed by atoms with Gasteiger partial charge in [-0.1, -0.05) is 6.92 Å². The molecule has 4 heteroatoms. The SMILES string of the molecule is CCNC(c1c(C)ccnc1N)C(C)(C)N1CCCC1. The molecule has 3 N–H and O–H groups in total. The molecule has 0 aromatic carbocycles. The lowest BCUT2D eigenvalue weighted by atomic mass is 9.85. The van der Waals surface area contributed by atoms with Crippen LogP contribution in [0.3, 0.4) is 0 Å². The molecule has 1 saturated heterocycles. The van der Waals surface area contributed by atoms with Crippen molar-refractivity contribution in [3.8, 4) is 0 Å². The Morgan fingerprint density at radius 1 is 1.40 bits per heavy atom. The average Bonchev–Trinajstić information content (AvgIpc) is 2.92. The van der Waals surface area contributed by atoms with E-state index in [1.165, 1.54) is 31.5 Å². The molecule has 0 bridgehead atoms. The van der Waals surface area contributed by atoms with Gasteiger partial charge in [-0.3, -0.25) is 4.90 Å². The molecule has 0 amide bonds. The number of aromatic nitrogens is 1. The van der Waals surface area contributed by atoms with Crippen LogP contribution in [0, 0.1) is 6.92 Å². The average molecular weight is 276 g/mol. The molecule has 1 aliphatic heterocycles. The number of likely N-dealkylation sites (tertiary alicyclic amines) is 1. The zero-order chi connectivity index (χ0) is 14.8. The lowest BCUT2D eigenvalue weighted by Gasteiger charge is -2.43. The number of hydrogen-bond donors (Lipinski definition) is 2. The van der Waals surface area contributed by atoms with Gasteiger partial charge in [0, 0.05) is 17.3 Å². The minimum absolute atomic E-state index is 0.0361. The predicted molar refractivity (Wildman–Crippen MR) is 84.7 cm³/mol. The van der Waals surface area contributed by atoms with Gasteiger partial charge in [0.1, 0.15) is 5.82 Å². The van der Waals surface area contributed by atoms with Gasteiger partial charge in [0.25, 0.3) is 0 Å². The Bertz CT molecular complexity index is 430. The number of nitrogens with zero attached hydrogens (tertiary/aromatic N) is 2. The maximum absolute atomic E-state index is 6.18. The van der Waals surface area contributed by atoms with Gasteiger partial charge < -0.3 is 11.1 Å². The number of aryl methyl sites for hydroxylation is 1. The molecule has 0 radical (unpaired) electrons. The van der Waals surface area contributed by atoms with Crippen LogP contribution in [0.15, 0.2) is 12.3 Å². The summed E-state index contributed by atoms with van der Waals surface area (Å²) < 4.78 is 0. The quantitative estimate of drug-likeness (QED) is 0.867. The zero-order valence-corrected chi connectivity index (χ0v) is 13.2.